The standard InChI is InChI=1S/C12H19N3O2S2/c1-14-19(16,17)10-2-3-11(13)12(6-10)15-7-9-4-5-18-8-9/h2-3,6,9,14-15H,4-5,7-8,13H2,1H3. The molecule has 1 unspecified atom stereocenters. The molecule has 0 aliphatic carbocycles. The van der Waals surface area contributed by atoms with Crippen molar-refractivity contribution in [3.63, 3.8) is 0 Å². The number of anilines is 2. The zero-order chi connectivity index (χ0) is 13.9. The lowest BCUT2D eigenvalue weighted by atomic mass is 10.1. The average molecular weight is 301 g/mol. The predicted molar refractivity (Wildman–Crippen MR) is 81.0 cm³/mol. The van der Waals surface area contributed by atoms with Gasteiger partial charge in [0.25, 0.3) is 0 Å². The fraction of sp³-hybridized carbons (Fsp3) is 0.500. The number of nitrogen functional groups attached to an aromatic ring is 1. The van der Waals surface area contributed by atoms with Gasteiger partial charge in [-0.2, -0.15) is 11.8 Å². The van der Waals surface area contributed by atoms with Crippen LogP contribution >= 0.6 is 11.8 Å². The van der Waals surface area contributed by atoms with E-state index < -0.39 is 10.0 Å². The number of nitrogens with one attached hydrogen (secondary N) is 2. The third-order valence-corrected chi connectivity index (χ3v) is 5.85. The highest BCUT2D eigenvalue weighted by atomic mass is 32.2. The Morgan fingerprint density at radius 3 is 2.89 bits per heavy atom. The van der Waals surface area contributed by atoms with Crippen LogP contribution in [-0.4, -0.2) is 33.5 Å². The molecular weight excluding hydrogens is 282 g/mol. The first-order chi connectivity index (χ1) is 9.03. The number of thioether (sulfide) groups is 1. The number of benzene rings is 1. The summed E-state index contributed by atoms with van der Waals surface area (Å²) in [6, 6.07) is 4.72. The molecule has 1 aromatic carbocycles. The van der Waals surface area contributed by atoms with Crippen LogP contribution in [0.1, 0.15) is 6.42 Å². The van der Waals surface area contributed by atoms with E-state index in [-0.39, 0.29) is 4.90 Å². The maximum absolute atomic E-state index is 11.7. The molecule has 5 nitrogen and oxygen atoms in total. The Labute approximate surface area is 118 Å². The van der Waals surface area contributed by atoms with Gasteiger partial charge >= 0.3 is 0 Å². The molecule has 0 amide bonds. The molecule has 106 valence electrons. The number of nitrogens with two attached hydrogens (primary N) is 1. The van der Waals surface area contributed by atoms with E-state index in [1.165, 1.54) is 25.3 Å². The largest absolute Gasteiger partial charge is 0.397 e. The first kappa shape index (κ1) is 14.5. The van der Waals surface area contributed by atoms with E-state index in [0.29, 0.717) is 17.3 Å². The van der Waals surface area contributed by atoms with Gasteiger partial charge in [0.15, 0.2) is 0 Å². The molecule has 4 N–H and O–H groups in total. The molecule has 1 heterocycles. The van der Waals surface area contributed by atoms with E-state index in [2.05, 4.69) is 10.0 Å². The zero-order valence-electron chi connectivity index (χ0n) is 10.8. The van der Waals surface area contributed by atoms with Gasteiger partial charge in [0.05, 0.1) is 16.3 Å². The van der Waals surface area contributed by atoms with Gasteiger partial charge in [-0.15, -0.1) is 0 Å². The summed E-state index contributed by atoms with van der Waals surface area (Å²) in [5.41, 5.74) is 7.13. The summed E-state index contributed by atoms with van der Waals surface area (Å²) in [7, 11) is -2.03. The number of hydrogen-bond donors (Lipinski definition) is 3. The lowest BCUT2D eigenvalue weighted by molar-refractivity contribution is 0.588. The molecule has 0 aromatic heterocycles. The second-order valence-corrected chi connectivity index (χ2v) is 7.60. The van der Waals surface area contributed by atoms with Gasteiger partial charge in [-0.25, -0.2) is 13.1 Å². The van der Waals surface area contributed by atoms with Crippen LogP contribution in [0.5, 0.6) is 0 Å². The van der Waals surface area contributed by atoms with Gasteiger partial charge in [0.1, 0.15) is 0 Å². The minimum absolute atomic E-state index is 0.229. The fourth-order valence-electron chi connectivity index (χ4n) is 1.97. The van der Waals surface area contributed by atoms with E-state index in [1.807, 2.05) is 11.8 Å². The van der Waals surface area contributed by atoms with Crippen LogP contribution in [-0.2, 0) is 10.0 Å². The monoisotopic (exact) mass is 301 g/mol. The second kappa shape index (κ2) is 6.02. The number of hydrogen-bond acceptors (Lipinski definition) is 5. The van der Waals surface area contributed by atoms with Crippen LogP contribution in [0.15, 0.2) is 23.1 Å². The molecule has 1 aliphatic rings. The van der Waals surface area contributed by atoms with Gasteiger partial charge in [-0.3, -0.25) is 0 Å². The second-order valence-electron chi connectivity index (χ2n) is 4.57. The lowest BCUT2D eigenvalue weighted by Gasteiger charge is -2.14. The predicted octanol–water partition coefficient (Wildman–Crippen LogP) is 1.34. The molecule has 1 saturated heterocycles. The van der Waals surface area contributed by atoms with Crippen molar-refractivity contribution in [1.82, 2.24) is 4.72 Å². The van der Waals surface area contributed by atoms with Crippen molar-refractivity contribution in [3.8, 4) is 0 Å². The van der Waals surface area contributed by atoms with Crippen LogP contribution in [0.2, 0.25) is 0 Å². The van der Waals surface area contributed by atoms with Crippen molar-refractivity contribution in [2.45, 2.75) is 11.3 Å². The Hall–Kier alpha value is -0.920. The average Bonchev–Trinajstić information content (AvgIpc) is 2.90. The highest BCUT2D eigenvalue weighted by Gasteiger charge is 2.17. The minimum atomic E-state index is -3.42. The molecule has 1 atom stereocenters. The molecule has 1 fully saturated rings. The van der Waals surface area contributed by atoms with Crippen LogP contribution in [0.25, 0.3) is 0 Å². The smallest absolute Gasteiger partial charge is 0.240 e. The molecule has 7 heteroatoms. The number of sulfonamides is 1. The maximum atomic E-state index is 11.7. The van der Waals surface area contributed by atoms with Crippen molar-refractivity contribution < 1.29 is 8.42 Å². The van der Waals surface area contributed by atoms with Crippen molar-refractivity contribution in [2.75, 3.05) is 36.1 Å². The Morgan fingerprint density at radius 2 is 2.26 bits per heavy atom. The molecule has 0 saturated carbocycles. The highest BCUT2D eigenvalue weighted by Crippen LogP contribution is 2.26. The van der Waals surface area contributed by atoms with E-state index >= 15 is 0 Å². The van der Waals surface area contributed by atoms with Crippen molar-refractivity contribution in [1.29, 1.82) is 0 Å². The van der Waals surface area contributed by atoms with E-state index in [4.69, 9.17) is 5.73 Å². The zero-order valence-corrected chi connectivity index (χ0v) is 12.5. The summed E-state index contributed by atoms with van der Waals surface area (Å²) in [5.74, 6) is 2.99. The molecule has 1 aliphatic heterocycles. The van der Waals surface area contributed by atoms with Crippen molar-refractivity contribution >= 4 is 33.2 Å². The molecule has 1 aromatic rings. The van der Waals surface area contributed by atoms with Gasteiger partial charge < -0.3 is 11.1 Å². The quantitative estimate of drug-likeness (QED) is 0.715. The Bertz CT molecular complexity index is 540. The summed E-state index contributed by atoms with van der Waals surface area (Å²) in [6.07, 6.45) is 1.20. The van der Waals surface area contributed by atoms with Crippen LogP contribution in [0, 0.1) is 5.92 Å². The fourth-order valence-corrected chi connectivity index (χ4v) is 4.01. The van der Waals surface area contributed by atoms with Gasteiger partial charge in [-0.05, 0) is 49.1 Å². The van der Waals surface area contributed by atoms with Crippen molar-refractivity contribution in [3.05, 3.63) is 18.2 Å². The van der Waals surface area contributed by atoms with E-state index in [9.17, 15) is 8.42 Å². The molecule has 19 heavy (non-hydrogen) atoms. The lowest BCUT2D eigenvalue weighted by Crippen LogP contribution is -2.19. The molecule has 0 bridgehead atoms. The molecule has 0 radical (unpaired) electrons. The van der Waals surface area contributed by atoms with Gasteiger partial charge in [0.2, 0.25) is 10.0 Å². The third kappa shape index (κ3) is 3.55. The van der Waals surface area contributed by atoms with Crippen LogP contribution in [0.3, 0.4) is 0 Å². The third-order valence-electron chi connectivity index (χ3n) is 3.21. The highest BCUT2D eigenvalue weighted by molar-refractivity contribution is 7.99. The summed E-state index contributed by atoms with van der Waals surface area (Å²) in [4.78, 5) is 0.229. The summed E-state index contributed by atoms with van der Waals surface area (Å²) >= 11 is 1.96. The van der Waals surface area contributed by atoms with Gasteiger partial charge in [0, 0.05) is 6.54 Å². The summed E-state index contributed by atoms with van der Waals surface area (Å²) in [6.45, 7) is 0.834. The van der Waals surface area contributed by atoms with E-state index in [0.717, 1.165) is 12.3 Å². The molecule has 0 spiro atoms. The molecular formula is C12H19N3O2S2. The maximum Gasteiger partial charge on any atom is 0.240 e. The van der Waals surface area contributed by atoms with Crippen LogP contribution in [0.4, 0.5) is 11.4 Å². The topological polar surface area (TPSA) is 84.2 Å². The summed E-state index contributed by atoms with van der Waals surface area (Å²) in [5, 5.41) is 3.26. The van der Waals surface area contributed by atoms with Crippen molar-refractivity contribution in [2.24, 2.45) is 5.92 Å². The number of rotatable bonds is 5. The Morgan fingerprint density at radius 1 is 1.47 bits per heavy atom. The Kier molecular flexibility index (Phi) is 4.59. The first-order valence-electron chi connectivity index (χ1n) is 6.17. The SMILES string of the molecule is CNS(=O)(=O)c1ccc(N)c(NCC2CCSC2)c1. The van der Waals surface area contributed by atoms with E-state index in [1.54, 1.807) is 12.1 Å². The first-order valence-corrected chi connectivity index (χ1v) is 8.81. The normalized spacial score (nSPS) is 19.5. The summed E-state index contributed by atoms with van der Waals surface area (Å²) < 4.78 is 25.8. The van der Waals surface area contributed by atoms with Gasteiger partial charge in [-0.1, -0.05) is 0 Å². The minimum Gasteiger partial charge on any atom is -0.397 e. The molecule has 2 rings (SSSR count). The Balaban J connectivity index is 2.13. The van der Waals surface area contributed by atoms with Crippen LogP contribution < -0.4 is 15.8 Å².